The van der Waals surface area contributed by atoms with Crippen LogP contribution in [0.25, 0.3) is 0 Å². The summed E-state index contributed by atoms with van der Waals surface area (Å²) in [4.78, 5) is 8.98. The number of nitrogens with one attached hydrogen (secondary N) is 2. The van der Waals surface area contributed by atoms with Crippen molar-refractivity contribution in [3.63, 3.8) is 0 Å². The second-order valence-electron chi connectivity index (χ2n) is 6.76. The summed E-state index contributed by atoms with van der Waals surface area (Å²) in [5, 5.41) is 17.0. The average Bonchev–Trinajstić information content (AvgIpc) is 2.56. The zero-order chi connectivity index (χ0) is 18.6. The summed E-state index contributed by atoms with van der Waals surface area (Å²) in [5.74, 6) is 1.38. The Labute approximate surface area is 158 Å². The zero-order valence-corrected chi connectivity index (χ0v) is 17.1. The molecule has 0 atom stereocenters. The van der Waals surface area contributed by atoms with Gasteiger partial charge in [-0.1, -0.05) is 29.8 Å². The van der Waals surface area contributed by atoms with E-state index in [1.165, 1.54) is 0 Å². The molecule has 0 saturated heterocycles. The molecule has 0 radical (unpaired) electrons. The predicted octanol–water partition coefficient (Wildman–Crippen LogP) is 5.12. The molecule has 1 heterocycles. The molecule has 6 heteroatoms. The number of hydrogen-bond acceptors (Lipinski definition) is 5. The van der Waals surface area contributed by atoms with E-state index in [1.54, 1.807) is 13.8 Å². The molecule has 0 bridgehead atoms. The maximum atomic E-state index is 10.3. The third kappa shape index (κ3) is 5.16. The van der Waals surface area contributed by atoms with Crippen molar-refractivity contribution in [2.45, 2.75) is 59.1 Å². The molecule has 0 aliphatic heterocycles. The van der Waals surface area contributed by atoms with E-state index in [1.807, 2.05) is 31.3 Å². The molecule has 2 rings (SSSR count). The zero-order valence-electron chi connectivity index (χ0n) is 15.5. The molecule has 1 aromatic heterocycles. The van der Waals surface area contributed by atoms with Crippen molar-refractivity contribution in [1.29, 1.82) is 0 Å². The van der Waals surface area contributed by atoms with Gasteiger partial charge in [0.1, 0.15) is 5.82 Å². The smallest absolute Gasteiger partial charge is 0.229 e. The second kappa shape index (κ2) is 8.15. The molecule has 0 spiro atoms. The van der Waals surface area contributed by atoms with E-state index in [-0.39, 0.29) is 0 Å². The minimum atomic E-state index is -0.938. The molecule has 0 saturated carbocycles. The molecule has 1 aromatic carbocycles. The third-order valence-corrected chi connectivity index (χ3v) is 4.87. The number of aryl methyl sites for hydroxylation is 1. The normalized spacial score (nSPS) is 11.7. The quantitative estimate of drug-likeness (QED) is 0.595. The summed E-state index contributed by atoms with van der Waals surface area (Å²) >= 11 is 3.49. The van der Waals surface area contributed by atoms with E-state index in [0.29, 0.717) is 12.0 Å². The lowest BCUT2D eigenvalue weighted by Gasteiger charge is -2.21. The fourth-order valence-corrected chi connectivity index (χ4v) is 3.27. The largest absolute Gasteiger partial charge is 0.386 e. The number of benzene rings is 1. The molecule has 0 unspecified atom stereocenters. The molecule has 136 valence electrons. The minimum absolute atomic E-state index is 0.399. The van der Waals surface area contributed by atoms with Gasteiger partial charge in [-0.25, -0.2) is 4.98 Å². The SMILES string of the molecule is CCC(CC)Nc1nc(Nc2ccc(Br)c(C(C)(C)O)c2)ncc1C. The Bertz CT molecular complexity index is 724. The number of nitrogens with zero attached hydrogens (tertiary/aromatic N) is 2. The van der Waals surface area contributed by atoms with Crippen LogP contribution in [0.3, 0.4) is 0 Å². The highest BCUT2D eigenvalue weighted by Gasteiger charge is 2.20. The van der Waals surface area contributed by atoms with Crippen molar-refractivity contribution in [1.82, 2.24) is 9.97 Å². The number of halogens is 1. The molecule has 5 nitrogen and oxygen atoms in total. The number of rotatable bonds is 7. The molecular weight excluding hydrogens is 380 g/mol. The van der Waals surface area contributed by atoms with Gasteiger partial charge in [0.15, 0.2) is 0 Å². The Morgan fingerprint density at radius 1 is 1.24 bits per heavy atom. The van der Waals surface area contributed by atoms with Gasteiger partial charge in [0.25, 0.3) is 0 Å². The van der Waals surface area contributed by atoms with Crippen LogP contribution in [0.5, 0.6) is 0 Å². The van der Waals surface area contributed by atoms with Crippen LogP contribution >= 0.6 is 15.9 Å². The lowest BCUT2D eigenvalue weighted by atomic mass is 9.98. The number of aromatic nitrogens is 2. The van der Waals surface area contributed by atoms with Crippen LogP contribution in [-0.4, -0.2) is 21.1 Å². The Morgan fingerprint density at radius 2 is 1.92 bits per heavy atom. The Hall–Kier alpha value is -1.66. The van der Waals surface area contributed by atoms with Gasteiger partial charge in [0.05, 0.1) is 5.60 Å². The first-order chi connectivity index (χ1) is 11.7. The minimum Gasteiger partial charge on any atom is -0.386 e. The first kappa shape index (κ1) is 19.7. The van der Waals surface area contributed by atoms with E-state index in [2.05, 4.69) is 50.4 Å². The van der Waals surface area contributed by atoms with Gasteiger partial charge >= 0.3 is 0 Å². The Balaban J connectivity index is 2.26. The van der Waals surface area contributed by atoms with Gasteiger partial charge in [0, 0.05) is 28.0 Å². The first-order valence-electron chi connectivity index (χ1n) is 8.64. The lowest BCUT2D eigenvalue weighted by molar-refractivity contribution is 0.0779. The monoisotopic (exact) mass is 406 g/mol. The van der Waals surface area contributed by atoms with Gasteiger partial charge < -0.3 is 15.7 Å². The predicted molar refractivity (Wildman–Crippen MR) is 107 cm³/mol. The van der Waals surface area contributed by atoms with E-state index in [4.69, 9.17) is 0 Å². The standard InChI is InChI=1S/C19H27BrN4O/c1-6-13(7-2)22-17-12(3)11-21-18(24-17)23-14-8-9-16(20)15(10-14)19(4,5)25/h8-11,13,25H,6-7H2,1-5H3,(H2,21,22,23,24). The summed E-state index contributed by atoms with van der Waals surface area (Å²) in [7, 11) is 0. The summed E-state index contributed by atoms with van der Waals surface area (Å²) in [6, 6.07) is 6.14. The molecule has 0 aliphatic carbocycles. The van der Waals surface area contributed by atoms with Crippen LogP contribution in [0.15, 0.2) is 28.9 Å². The molecule has 25 heavy (non-hydrogen) atoms. The average molecular weight is 407 g/mol. The van der Waals surface area contributed by atoms with Gasteiger partial charge in [-0.2, -0.15) is 4.98 Å². The molecule has 0 fully saturated rings. The maximum Gasteiger partial charge on any atom is 0.229 e. The first-order valence-corrected chi connectivity index (χ1v) is 9.43. The van der Waals surface area contributed by atoms with Crippen LogP contribution < -0.4 is 10.6 Å². The topological polar surface area (TPSA) is 70.1 Å². The van der Waals surface area contributed by atoms with Gasteiger partial charge in [-0.15, -0.1) is 0 Å². The molecule has 0 amide bonds. The van der Waals surface area contributed by atoms with Crippen LogP contribution in [0.2, 0.25) is 0 Å². The van der Waals surface area contributed by atoms with Crippen molar-refractivity contribution < 1.29 is 5.11 Å². The summed E-state index contributed by atoms with van der Waals surface area (Å²) in [5.41, 5.74) is 1.72. The number of anilines is 3. The fourth-order valence-electron chi connectivity index (χ4n) is 2.54. The molecule has 2 aromatic rings. The Morgan fingerprint density at radius 3 is 2.52 bits per heavy atom. The van der Waals surface area contributed by atoms with E-state index < -0.39 is 5.60 Å². The summed E-state index contributed by atoms with van der Waals surface area (Å²) < 4.78 is 0.867. The maximum absolute atomic E-state index is 10.3. The van der Waals surface area contributed by atoms with Gasteiger partial charge in [-0.3, -0.25) is 0 Å². The number of hydrogen-bond donors (Lipinski definition) is 3. The van der Waals surface area contributed by atoms with Crippen molar-refractivity contribution in [2.24, 2.45) is 0 Å². The van der Waals surface area contributed by atoms with Crippen LogP contribution in [0, 0.1) is 6.92 Å². The Kier molecular flexibility index (Phi) is 6.41. The van der Waals surface area contributed by atoms with E-state index >= 15 is 0 Å². The highest BCUT2D eigenvalue weighted by atomic mass is 79.9. The van der Waals surface area contributed by atoms with E-state index in [0.717, 1.165) is 39.9 Å². The fraction of sp³-hybridized carbons (Fsp3) is 0.474. The number of aliphatic hydroxyl groups is 1. The van der Waals surface area contributed by atoms with Crippen molar-refractivity contribution in [3.05, 3.63) is 40.0 Å². The van der Waals surface area contributed by atoms with Gasteiger partial charge in [-0.05, 0) is 57.4 Å². The lowest BCUT2D eigenvalue weighted by Crippen LogP contribution is -2.19. The molecule has 0 aliphatic rings. The van der Waals surface area contributed by atoms with Crippen LogP contribution in [0.4, 0.5) is 17.5 Å². The van der Waals surface area contributed by atoms with Crippen molar-refractivity contribution in [3.8, 4) is 0 Å². The van der Waals surface area contributed by atoms with Crippen molar-refractivity contribution >= 4 is 33.4 Å². The third-order valence-electron chi connectivity index (χ3n) is 4.18. The summed E-state index contributed by atoms with van der Waals surface area (Å²) in [6.07, 6.45) is 3.91. The van der Waals surface area contributed by atoms with Crippen molar-refractivity contribution in [2.75, 3.05) is 10.6 Å². The van der Waals surface area contributed by atoms with Crippen LogP contribution in [0.1, 0.15) is 51.7 Å². The van der Waals surface area contributed by atoms with Gasteiger partial charge in [0.2, 0.25) is 5.95 Å². The highest BCUT2D eigenvalue weighted by molar-refractivity contribution is 9.10. The molecular formula is C19H27BrN4O. The second-order valence-corrected chi connectivity index (χ2v) is 7.62. The van der Waals surface area contributed by atoms with E-state index in [9.17, 15) is 5.11 Å². The molecule has 3 N–H and O–H groups in total. The highest BCUT2D eigenvalue weighted by Crippen LogP contribution is 2.31. The summed E-state index contributed by atoms with van der Waals surface area (Å²) in [6.45, 7) is 9.85. The van der Waals surface area contributed by atoms with Crippen LogP contribution in [-0.2, 0) is 5.60 Å².